The molecule has 0 aromatic heterocycles. The zero-order chi connectivity index (χ0) is 15.2. The zero-order valence-corrected chi connectivity index (χ0v) is 13.4. The molecule has 0 spiro atoms. The van der Waals surface area contributed by atoms with E-state index in [1.54, 1.807) is 14.2 Å². The Morgan fingerprint density at radius 3 is 2.00 bits per heavy atom. The van der Waals surface area contributed by atoms with Gasteiger partial charge < -0.3 is 19.5 Å². The van der Waals surface area contributed by atoms with Crippen LogP contribution >= 0.6 is 0 Å². The summed E-state index contributed by atoms with van der Waals surface area (Å²) >= 11 is 0. The molecule has 0 bridgehead atoms. The molecule has 1 aromatic rings. The van der Waals surface area contributed by atoms with Crippen molar-refractivity contribution in [1.82, 2.24) is 5.32 Å². The van der Waals surface area contributed by atoms with Crippen LogP contribution in [-0.4, -0.2) is 33.0 Å². The molecule has 0 saturated carbocycles. The first kappa shape index (κ1) is 16.8. The van der Waals surface area contributed by atoms with E-state index in [-0.39, 0.29) is 11.6 Å². The number of nitrogens with one attached hydrogen (secondary N) is 1. The van der Waals surface area contributed by atoms with Crippen molar-refractivity contribution in [3.05, 3.63) is 23.8 Å². The lowest BCUT2D eigenvalue weighted by molar-refractivity contribution is -0.0146. The van der Waals surface area contributed by atoms with Crippen molar-refractivity contribution in [2.24, 2.45) is 0 Å². The maximum atomic E-state index is 5.90. The van der Waals surface area contributed by atoms with Crippen molar-refractivity contribution < 1.29 is 14.2 Å². The minimum Gasteiger partial charge on any atom is -0.497 e. The Morgan fingerprint density at radius 2 is 1.60 bits per heavy atom. The van der Waals surface area contributed by atoms with Gasteiger partial charge in [0.2, 0.25) is 0 Å². The van der Waals surface area contributed by atoms with E-state index in [1.165, 1.54) is 0 Å². The lowest BCUT2D eigenvalue weighted by atomic mass is 10.1. The molecule has 0 amide bonds. The first-order valence-corrected chi connectivity index (χ1v) is 7.00. The molecule has 1 unspecified atom stereocenters. The molecule has 114 valence electrons. The van der Waals surface area contributed by atoms with E-state index in [4.69, 9.17) is 14.2 Å². The molecule has 1 atom stereocenters. The summed E-state index contributed by atoms with van der Waals surface area (Å²) in [5.41, 5.74) is 0.948. The van der Waals surface area contributed by atoms with Crippen LogP contribution in [0.15, 0.2) is 18.2 Å². The highest BCUT2D eigenvalue weighted by molar-refractivity contribution is 5.39. The van der Waals surface area contributed by atoms with Crippen LogP contribution < -0.4 is 14.8 Å². The molecular formula is C16H27NO3. The van der Waals surface area contributed by atoms with E-state index in [0.29, 0.717) is 6.61 Å². The number of hydrogen-bond donors (Lipinski definition) is 1. The minimum atomic E-state index is -0.156. The summed E-state index contributed by atoms with van der Waals surface area (Å²) in [7, 11) is 3.32. The predicted octanol–water partition coefficient (Wildman–Crippen LogP) is 3.17. The Balaban J connectivity index is 2.95. The molecular weight excluding hydrogens is 254 g/mol. The number of methoxy groups -OCH3 is 2. The number of benzene rings is 1. The van der Waals surface area contributed by atoms with Crippen LogP contribution in [0.4, 0.5) is 0 Å². The molecule has 1 aromatic carbocycles. The van der Waals surface area contributed by atoms with Crippen LogP contribution in [0.5, 0.6) is 11.5 Å². The Labute approximate surface area is 122 Å². The summed E-state index contributed by atoms with van der Waals surface area (Å²) in [6.45, 7) is 9.74. The van der Waals surface area contributed by atoms with Crippen molar-refractivity contribution in [2.75, 3.05) is 27.4 Å². The van der Waals surface area contributed by atoms with Gasteiger partial charge in [-0.1, -0.05) is 6.92 Å². The molecule has 0 aliphatic carbocycles. The molecule has 20 heavy (non-hydrogen) atoms. The molecule has 0 saturated heterocycles. The molecule has 4 nitrogen and oxygen atoms in total. The summed E-state index contributed by atoms with van der Waals surface area (Å²) in [6.07, 6.45) is 0. The number of rotatable bonds is 7. The zero-order valence-electron chi connectivity index (χ0n) is 13.4. The Kier molecular flexibility index (Phi) is 6.30. The highest BCUT2D eigenvalue weighted by atomic mass is 16.5. The molecule has 0 radical (unpaired) electrons. The molecule has 0 aliphatic heterocycles. The quantitative estimate of drug-likeness (QED) is 0.833. The average Bonchev–Trinajstić information content (AvgIpc) is 2.41. The topological polar surface area (TPSA) is 39.7 Å². The standard InChI is InChI=1S/C16H27NO3/c1-7-17-15(11-20-16(2,3)4)12-8-13(18-5)10-14(9-12)19-6/h8-10,15,17H,7,11H2,1-6H3. The van der Waals surface area contributed by atoms with Gasteiger partial charge in [0.1, 0.15) is 11.5 Å². The van der Waals surface area contributed by atoms with Crippen LogP contribution in [0.2, 0.25) is 0 Å². The fourth-order valence-electron chi connectivity index (χ4n) is 1.88. The maximum Gasteiger partial charge on any atom is 0.122 e. The average molecular weight is 281 g/mol. The third kappa shape index (κ3) is 5.39. The highest BCUT2D eigenvalue weighted by Crippen LogP contribution is 2.27. The van der Waals surface area contributed by atoms with Crippen molar-refractivity contribution in [1.29, 1.82) is 0 Å². The maximum absolute atomic E-state index is 5.90. The van der Waals surface area contributed by atoms with Gasteiger partial charge in [-0.3, -0.25) is 0 Å². The smallest absolute Gasteiger partial charge is 0.122 e. The van der Waals surface area contributed by atoms with Crippen molar-refractivity contribution in [3.8, 4) is 11.5 Å². The first-order chi connectivity index (χ1) is 9.39. The van der Waals surface area contributed by atoms with Gasteiger partial charge >= 0.3 is 0 Å². The normalized spacial score (nSPS) is 13.1. The van der Waals surface area contributed by atoms with Gasteiger partial charge in [0.25, 0.3) is 0 Å². The molecule has 4 heteroatoms. The van der Waals surface area contributed by atoms with Crippen molar-refractivity contribution in [2.45, 2.75) is 39.3 Å². The Hall–Kier alpha value is -1.26. The van der Waals surface area contributed by atoms with Gasteiger partial charge in [-0.2, -0.15) is 0 Å². The van der Waals surface area contributed by atoms with E-state index in [2.05, 4.69) is 33.0 Å². The first-order valence-electron chi connectivity index (χ1n) is 7.00. The van der Waals surface area contributed by atoms with Gasteiger partial charge in [0.15, 0.2) is 0 Å². The summed E-state index contributed by atoms with van der Waals surface area (Å²) in [5, 5.41) is 3.44. The van der Waals surface area contributed by atoms with Gasteiger partial charge in [-0.25, -0.2) is 0 Å². The van der Waals surface area contributed by atoms with E-state index < -0.39 is 0 Å². The summed E-state index contributed by atoms with van der Waals surface area (Å²) in [6, 6.07) is 6.02. The van der Waals surface area contributed by atoms with Crippen LogP contribution in [0.1, 0.15) is 39.3 Å². The summed E-state index contributed by atoms with van der Waals surface area (Å²) < 4.78 is 16.5. The second-order valence-electron chi connectivity index (χ2n) is 5.68. The second-order valence-corrected chi connectivity index (χ2v) is 5.68. The third-order valence-corrected chi connectivity index (χ3v) is 2.91. The monoisotopic (exact) mass is 281 g/mol. The number of ether oxygens (including phenoxy) is 3. The minimum absolute atomic E-state index is 0.114. The van der Waals surface area contributed by atoms with E-state index >= 15 is 0 Å². The predicted molar refractivity (Wildman–Crippen MR) is 81.7 cm³/mol. The van der Waals surface area contributed by atoms with E-state index in [1.807, 2.05) is 18.2 Å². The molecule has 1 rings (SSSR count). The molecule has 0 fully saturated rings. The van der Waals surface area contributed by atoms with E-state index in [9.17, 15) is 0 Å². The van der Waals surface area contributed by atoms with Gasteiger partial charge in [0, 0.05) is 6.07 Å². The molecule has 0 heterocycles. The van der Waals surface area contributed by atoms with Crippen LogP contribution in [0.3, 0.4) is 0 Å². The number of likely N-dealkylation sites (N-methyl/N-ethyl adjacent to an activating group) is 1. The largest absolute Gasteiger partial charge is 0.497 e. The second kappa shape index (κ2) is 7.50. The Bertz CT molecular complexity index is 390. The molecule has 0 aliphatic rings. The Morgan fingerprint density at radius 1 is 1.05 bits per heavy atom. The van der Waals surface area contributed by atoms with Crippen LogP contribution in [-0.2, 0) is 4.74 Å². The van der Waals surface area contributed by atoms with E-state index in [0.717, 1.165) is 23.6 Å². The van der Waals surface area contributed by atoms with Crippen LogP contribution in [0, 0.1) is 0 Å². The summed E-state index contributed by atoms with van der Waals surface area (Å²) in [5.74, 6) is 1.58. The lowest BCUT2D eigenvalue weighted by Gasteiger charge is -2.25. The van der Waals surface area contributed by atoms with Gasteiger partial charge in [-0.15, -0.1) is 0 Å². The van der Waals surface area contributed by atoms with Gasteiger partial charge in [-0.05, 0) is 45.0 Å². The van der Waals surface area contributed by atoms with Crippen molar-refractivity contribution >= 4 is 0 Å². The lowest BCUT2D eigenvalue weighted by Crippen LogP contribution is -2.30. The van der Waals surface area contributed by atoms with Gasteiger partial charge in [0.05, 0.1) is 32.5 Å². The van der Waals surface area contributed by atoms with Crippen LogP contribution in [0.25, 0.3) is 0 Å². The molecule has 1 N–H and O–H groups in total. The fraction of sp³-hybridized carbons (Fsp3) is 0.625. The number of hydrogen-bond acceptors (Lipinski definition) is 4. The van der Waals surface area contributed by atoms with Crippen molar-refractivity contribution in [3.63, 3.8) is 0 Å². The highest BCUT2D eigenvalue weighted by Gasteiger charge is 2.17. The fourth-order valence-corrected chi connectivity index (χ4v) is 1.88. The third-order valence-electron chi connectivity index (χ3n) is 2.91. The SMILES string of the molecule is CCNC(COC(C)(C)C)c1cc(OC)cc(OC)c1. The summed E-state index contributed by atoms with van der Waals surface area (Å²) in [4.78, 5) is 0.